The van der Waals surface area contributed by atoms with Gasteiger partial charge in [0.05, 0.1) is 4.79 Å². The van der Waals surface area contributed by atoms with Gasteiger partial charge in [-0.1, -0.05) is 97.9 Å². The van der Waals surface area contributed by atoms with Crippen molar-refractivity contribution < 1.29 is 15.1 Å². The molecule has 0 spiro atoms. The summed E-state index contributed by atoms with van der Waals surface area (Å²) in [4.78, 5) is 18.4. The van der Waals surface area contributed by atoms with Crippen LogP contribution in [-0.4, -0.2) is 12.5 Å². The number of carbonyl (C=O) groups is 1. The average Bonchev–Trinajstić information content (AvgIpc) is 2.70. The van der Waals surface area contributed by atoms with E-state index >= 15 is 0 Å². The van der Waals surface area contributed by atoms with Crippen LogP contribution in [0.2, 0.25) is 0 Å². The number of benzene rings is 3. The predicted octanol–water partition coefficient (Wildman–Crippen LogP) is 5.38. The third-order valence-electron chi connectivity index (χ3n) is 5.09. The second-order valence-corrected chi connectivity index (χ2v) is 7.18. The van der Waals surface area contributed by atoms with Crippen LogP contribution in [0.4, 0.5) is 0 Å². The zero-order valence-electron chi connectivity index (χ0n) is 16.2. The summed E-state index contributed by atoms with van der Waals surface area (Å²) < 4.78 is 0. The third kappa shape index (κ3) is 5.08. The molecule has 0 saturated carbocycles. The number of quaternary nitrogens is 1. The van der Waals surface area contributed by atoms with Gasteiger partial charge in [-0.3, -0.25) is 0 Å². The molecule has 0 heterocycles. The SMILES string of the molecule is CCCCCCCCC[NH2+]OC(=[O+])c1c2ccccc2cc2ccccc12. The Hall–Kier alpha value is -2.39. The molecule has 0 atom stereocenters. The zero-order valence-corrected chi connectivity index (χ0v) is 16.2. The first kappa shape index (κ1) is 19.4. The molecule has 3 nitrogen and oxygen atoms in total. The van der Waals surface area contributed by atoms with Gasteiger partial charge in [-0.15, -0.1) is 0 Å². The minimum absolute atomic E-state index is 0.258. The van der Waals surface area contributed by atoms with Crippen LogP contribution in [0.15, 0.2) is 54.6 Å². The normalized spacial score (nSPS) is 11.1. The van der Waals surface area contributed by atoms with Gasteiger partial charge in [0.2, 0.25) is 0 Å². The molecule has 0 bridgehead atoms. The third-order valence-corrected chi connectivity index (χ3v) is 5.09. The summed E-state index contributed by atoms with van der Waals surface area (Å²) in [6, 6.07) is 18.1. The Balaban J connectivity index is 1.60. The van der Waals surface area contributed by atoms with Crippen LogP contribution in [0.3, 0.4) is 0 Å². The molecule has 141 valence electrons. The molecule has 0 aliphatic rings. The van der Waals surface area contributed by atoms with E-state index in [0.717, 1.165) is 34.5 Å². The molecule has 0 amide bonds. The van der Waals surface area contributed by atoms with E-state index in [1.54, 1.807) is 5.48 Å². The van der Waals surface area contributed by atoms with Gasteiger partial charge in [0, 0.05) is 17.2 Å². The molecule has 3 rings (SSSR count). The van der Waals surface area contributed by atoms with E-state index < -0.39 is 0 Å². The van der Waals surface area contributed by atoms with Crippen molar-refractivity contribution in [2.24, 2.45) is 0 Å². The van der Waals surface area contributed by atoms with Crippen molar-refractivity contribution in [2.75, 3.05) is 6.54 Å². The monoisotopic (exact) mass is 364 g/mol. The molecule has 1 radical (unpaired) electrons. The van der Waals surface area contributed by atoms with Gasteiger partial charge < -0.3 is 0 Å². The van der Waals surface area contributed by atoms with Gasteiger partial charge >= 0.3 is 5.97 Å². The summed E-state index contributed by atoms with van der Waals surface area (Å²) in [5.41, 5.74) is 2.35. The number of hydroxylamine groups is 1. The lowest BCUT2D eigenvalue weighted by atomic mass is 9.97. The van der Waals surface area contributed by atoms with E-state index in [1.807, 2.05) is 48.5 Å². The quantitative estimate of drug-likeness (QED) is 0.227. The first-order valence-corrected chi connectivity index (χ1v) is 10.2. The van der Waals surface area contributed by atoms with Crippen LogP contribution in [0.1, 0.15) is 62.2 Å². The van der Waals surface area contributed by atoms with Crippen molar-refractivity contribution >= 4 is 27.5 Å². The number of rotatable bonds is 10. The minimum atomic E-state index is -0.258. The lowest BCUT2D eigenvalue weighted by Crippen LogP contribution is -2.84. The van der Waals surface area contributed by atoms with Crippen LogP contribution in [-0.2, 0) is 4.84 Å². The molecule has 0 aromatic heterocycles. The Kier molecular flexibility index (Phi) is 7.23. The maximum absolute atomic E-state index is 12.8. The van der Waals surface area contributed by atoms with Gasteiger partial charge in [-0.25, -0.2) is 0 Å². The largest absolute Gasteiger partial charge is 0.671 e. The molecule has 0 unspecified atom stereocenters. The Morgan fingerprint density at radius 1 is 0.815 bits per heavy atom. The van der Waals surface area contributed by atoms with Gasteiger partial charge in [-0.2, -0.15) is 0 Å². The van der Waals surface area contributed by atoms with Crippen molar-refractivity contribution in [3.63, 3.8) is 0 Å². The summed E-state index contributed by atoms with van der Waals surface area (Å²) >= 11 is 0. The molecule has 3 aromatic rings. The fourth-order valence-corrected chi connectivity index (χ4v) is 3.61. The van der Waals surface area contributed by atoms with E-state index in [2.05, 4.69) is 13.0 Å². The molecule has 0 aliphatic heterocycles. The molecular formula is C24H30NO2+2. The fraction of sp³-hybridized carbons (Fsp3) is 0.375. The van der Waals surface area contributed by atoms with E-state index in [-0.39, 0.29) is 5.97 Å². The van der Waals surface area contributed by atoms with Crippen molar-refractivity contribution in [2.45, 2.75) is 51.9 Å². The summed E-state index contributed by atoms with van der Waals surface area (Å²) in [7, 11) is 0. The van der Waals surface area contributed by atoms with Crippen molar-refractivity contribution in [1.29, 1.82) is 0 Å². The van der Waals surface area contributed by atoms with Crippen LogP contribution in [0.5, 0.6) is 0 Å². The smallest absolute Gasteiger partial charge is 0.0838 e. The minimum Gasteiger partial charge on any atom is -0.0838 e. The molecule has 2 N–H and O–H groups in total. The van der Waals surface area contributed by atoms with Crippen LogP contribution >= 0.6 is 0 Å². The first-order chi connectivity index (χ1) is 13.3. The Morgan fingerprint density at radius 3 is 2.00 bits per heavy atom. The van der Waals surface area contributed by atoms with Crippen LogP contribution in [0.25, 0.3) is 21.5 Å². The van der Waals surface area contributed by atoms with Gasteiger partial charge in [0.25, 0.3) is 0 Å². The average molecular weight is 365 g/mol. The highest BCUT2D eigenvalue weighted by atomic mass is 16.7. The lowest BCUT2D eigenvalue weighted by molar-refractivity contribution is -0.870. The van der Waals surface area contributed by atoms with E-state index in [0.29, 0.717) is 5.56 Å². The molecule has 0 fully saturated rings. The van der Waals surface area contributed by atoms with Crippen molar-refractivity contribution in [3.05, 3.63) is 60.2 Å². The standard InChI is InChI=1S/C24H29NO2/c1-2-3-4-5-6-7-12-17-25-27-24(26)23-21-15-10-8-13-19(21)18-20-14-9-11-16-22(20)23/h8-11,13-16,18,25H,2-7,12,17H2,1H3/q+1/p+1. The Morgan fingerprint density at radius 2 is 1.37 bits per heavy atom. The maximum atomic E-state index is 12.8. The van der Waals surface area contributed by atoms with Gasteiger partial charge in [0.15, 0.2) is 5.56 Å². The van der Waals surface area contributed by atoms with E-state index in [4.69, 9.17) is 4.84 Å². The number of carbonyl (C=O) groups excluding carboxylic acids is 1. The van der Waals surface area contributed by atoms with Crippen LogP contribution in [0, 0.1) is 0 Å². The van der Waals surface area contributed by atoms with Crippen molar-refractivity contribution in [1.82, 2.24) is 0 Å². The Labute approximate surface area is 161 Å². The summed E-state index contributed by atoms with van der Waals surface area (Å²) in [5, 5.41) is 4.03. The zero-order chi connectivity index (χ0) is 18.9. The number of nitrogens with two attached hydrogens (primary N) is 1. The first-order valence-electron chi connectivity index (χ1n) is 10.2. The summed E-state index contributed by atoms with van der Waals surface area (Å²) in [6.07, 6.45) is 8.83. The molecule has 27 heavy (non-hydrogen) atoms. The maximum Gasteiger partial charge on any atom is 0.671 e. The molecular weight excluding hydrogens is 334 g/mol. The molecule has 0 saturated heterocycles. The topological polar surface area (TPSA) is 45.7 Å². The predicted molar refractivity (Wildman–Crippen MR) is 112 cm³/mol. The van der Waals surface area contributed by atoms with Gasteiger partial charge in [0.1, 0.15) is 6.54 Å². The molecule has 0 aliphatic carbocycles. The highest BCUT2D eigenvalue weighted by Gasteiger charge is 2.29. The number of fused-ring (bicyclic) bond motifs is 2. The molecule has 3 aromatic carbocycles. The fourth-order valence-electron chi connectivity index (χ4n) is 3.61. The summed E-state index contributed by atoms with van der Waals surface area (Å²) in [5.74, 6) is -0.258. The number of hydrogen-bond donors (Lipinski definition) is 1. The highest BCUT2D eigenvalue weighted by Crippen LogP contribution is 2.28. The van der Waals surface area contributed by atoms with Crippen molar-refractivity contribution in [3.8, 4) is 0 Å². The second-order valence-electron chi connectivity index (χ2n) is 7.18. The highest BCUT2D eigenvalue weighted by molar-refractivity contribution is 6.16. The van der Waals surface area contributed by atoms with Crippen LogP contribution < -0.4 is 5.48 Å². The number of unbranched alkanes of at least 4 members (excludes halogenated alkanes) is 6. The molecule has 3 heteroatoms. The van der Waals surface area contributed by atoms with Gasteiger partial charge in [-0.05, 0) is 23.3 Å². The summed E-state index contributed by atoms with van der Waals surface area (Å²) in [6.45, 7) is 3.06. The second kappa shape index (κ2) is 10.1. The van der Waals surface area contributed by atoms with E-state index in [1.165, 1.54) is 38.5 Å². The lowest BCUT2D eigenvalue weighted by Gasteiger charge is -2.05. The number of hydrogen-bond acceptors (Lipinski definition) is 2. The van der Waals surface area contributed by atoms with E-state index in [9.17, 15) is 4.79 Å². The Bertz CT molecular complexity index is 834.